The van der Waals surface area contributed by atoms with Gasteiger partial charge in [0.25, 0.3) is 0 Å². The summed E-state index contributed by atoms with van der Waals surface area (Å²) in [6.07, 6.45) is 2.12. The van der Waals surface area contributed by atoms with Crippen LogP contribution in [0, 0.1) is 5.82 Å². The number of pyridine rings is 1. The minimum atomic E-state index is -0.273. The fourth-order valence-corrected chi connectivity index (χ4v) is 2.80. The fraction of sp³-hybridized carbons (Fsp3) is 0.350. The van der Waals surface area contributed by atoms with E-state index in [9.17, 15) is 4.39 Å². The van der Waals surface area contributed by atoms with Crippen LogP contribution in [-0.2, 0) is 0 Å². The van der Waals surface area contributed by atoms with Crippen molar-refractivity contribution in [1.29, 1.82) is 0 Å². The Morgan fingerprint density at radius 1 is 1.04 bits per heavy atom. The molecule has 5 nitrogen and oxygen atoms in total. The van der Waals surface area contributed by atoms with Gasteiger partial charge in [-0.25, -0.2) is 14.4 Å². The van der Waals surface area contributed by atoms with E-state index in [-0.39, 0.29) is 11.9 Å². The topological polar surface area (TPSA) is 59.9 Å². The average Bonchev–Trinajstić information content (AvgIpc) is 2.62. The lowest BCUT2D eigenvalue weighted by atomic mass is 10.1. The van der Waals surface area contributed by atoms with Gasteiger partial charge in [0, 0.05) is 11.6 Å². The third kappa shape index (κ3) is 4.07. The summed E-state index contributed by atoms with van der Waals surface area (Å²) in [5.74, 6) is 0.718. The smallest absolute Gasteiger partial charge is 0.245 e. The molecule has 0 spiro atoms. The van der Waals surface area contributed by atoms with E-state index in [0.717, 1.165) is 24.1 Å². The van der Waals surface area contributed by atoms with Crippen LogP contribution in [0.15, 0.2) is 36.4 Å². The second kappa shape index (κ2) is 8.08. The molecule has 2 heterocycles. The minimum Gasteiger partial charge on any atom is -0.476 e. The molecule has 1 unspecified atom stereocenters. The molecule has 26 heavy (non-hydrogen) atoms. The highest BCUT2D eigenvalue weighted by atomic mass is 19.1. The standard InChI is InChI=1S/C20H23FN4O/c1-4-6-13(3)22-20-24-17-12-11-16(14-7-9-15(21)10-8-14)23-18(17)19(25-20)26-5-2/h7-13H,4-6H2,1-3H3,(H,22,24,25). The molecule has 6 heteroatoms. The van der Waals surface area contributed by atoms with Crippen LogP contribution in [0.5, 0.6) is 5.88 Å². The number of ether oxygens (including phenoxy) is 1. The SMILES string of the molecule is CCCC(C)Nc1nc(OCC)c2nc(-c3ccc(F)cc3)ccc2n1. The largest absolute Gasteiger partial charge is 0.476 e. The molecule has 0 fully saturated rings. The molecule has 3 rings (SSSR count). The van der Waals surface area contributed by atoms with E-state index in [4.69, 9.17) is 4.74 Å². The number of aromatic nitrogens is 3. The van der Waals surface area contributed by atoms with E-state index in [1.807, 2.05) is 19.1 Å². The van der Waals surface area contributed by atoms with Gasteiger partial charge in [-0.1, -0.05) is 13.3 Å². The predicted octanol–water partition coefficient (Wildman–Crippen LogP) is 4.83. The van der Waals surface area contributed by atoms with Gasteiger partial charge >= 0.3 is 0 Å². The minimum absolute atomic E-state index is 0.273. The Morgan fingerprint density at radius 3 is 2.50 bits per heavy atom. The summed E-state index contributed by atoms with van der Waals surface area (Å²) >= 11 is 0. The first-order chi connectivity index (χ1) is 12.6. The highest BCUT2D eigenvalue weighted by Crippen LogP contribution is 2.27. The first kappa shape index (κ1) is 18.0. The summed E-state index contributed by atoms with van der Waals surface area (Å²) in [7, 11) is 0. The van der Waals surface area contributed by atoms with Gasteiger partial charge in [-0.3, -0.25) is 0 Å². The van der Waals surface area contributed by atoms with E-state index in [1.165, 1.54) is 12.1 Å². The van der Waals surface area contributed by atoms with Crippen molar-refractivity contribution in [1.82, 2.24) is 15.0 Å². The molecular weight excluding hydrogens is 331 g/mol. The lowest BCUT2D eigenvalue weighted by Gasteiger charge is -2.14. The summed E-state index contributed by atoms with van der Waals surface area (Å²) in [6.45, 7) is 6.64. The number of hydrogen-bond acceptors (Lipinski definition) is 5. The number of benzene rings is 1. The van der Waals surface area contributed by atoms with Crippen LogP contribution >= 0.6 is 0 Å². The Bertz CT molecular complexity index is 883. The molecule has 1 aromatic carbocycles. The van der Waals surface area contributed by atoms with Crippen molar-refractivity contribution in [2.24, 2.45) is 0 Å². The third-order valence-electron chi connectivity index (χ3n) is 4.03. The number of nitrogens with zero attached hydrogens (tertiary/aromatic N) is 3. The summed E-state index contributed by atoms with van der Waals surface area (Å²) < 4.78 is 18.9. The number of halogens is 1. The highest BCUT2D eigenvalue weighted by Gasteiger charge is 2.13. The summed E-state index contributed by atoms with van der Waals surface area (Å²) in [5, 5.41) is 3.31. The van der Waals surface area contributed by atoms with Crippen molar-refractivity contribution in [3.63, 3.8) is 0 Å². The maximum absolute atomic E-state index is 13.2. The number of hydrogen-bond donors (Lipinski definition) is 1. The first-order valence-corrected chi connectivity index (χ1v) is 8.94. The van der Waals surface area contributed by atoms with Gasteiger partial charge in [0.15, 0.2) is 5.52 Å². The van der Waals surface area contributed by atoms with Crippen LogP contribution in [-0.4, -0.2) is 27.6 Å². The lowest BCUT2D eigenvalue weighted by Crippen LogP contribution is -2.17. The Hall–Kier alpha value is -2.76. The van der Waals surface area contributed by atoms with Crippen LogP contribution in [0.2, 0.25) is 0 Å². The zero-order valence-corrected chi connectivity index (χ0v) is 15.3. The molecule has 0 aliphatic heterocycles. The van der Waals surface area contributed by atoms with Crippen LogP contribution in [0.4, 0.5) is 10.3 Å². The molecular formula is C20H23FN4O. The first-order valence-electron chi connectivity index (χ1n) is 8.94. The third-order valence-corrected chi connectivity index (χ3v) is 4.03. The Morgan fingerprint density at radius 2 is 1.81 bits per heavy atom. The fourth-order valence-electron chi connectivity index (χ4n) is 2.80. The van der Waals surface area contributed by atoms with E-state index >= 15 is 0 Å². The highest BCUT2D eigenvalue weighted by molar-refractivity contribution is 5.83. The van der Waals surface area contributed by atoms with Gasteiger partial charge in [0.2, 0.25) is 11.8 Å². The summed E-state index contributed by atoms with van der Waals surface area (Å²) in [6, 6.07) is 10.3. The molecule has 1 N–H and O–H groups in total. The molecule has 3 aromatic rings. The monoisotopic (exact) mass is 354 g/mol. The van der Waals surface area contributed by atoms with E-state index < -0.39 is 0 Å². The van der Waals surface area contributed by atoms with Crippen molar-refractivity contribution < 1.29 is 9.13 Å². The van der Waals surface area contributed by atoms with Crippen LogP contribution in [0.3, 0.4) is 0 Å². The molecule has 0 radical (unpaired) electrons. The molecule has 0 bridgehead atoms. The zero-order chi connectivity index (χ0) is 18.5. The lowest BCUT2D eigenvalue weighted by molar-refractivity contribution is 0.330. The molecule has 0 aliphatic rings. The second-order valence-electron chi connectivity index (χ2n) is 6.19. The number of fused-ring (bicyclic) bond motifs is 1. The molecule has 2 aromatic heterocycles. The molecule has 0 saturated carbocycles. The van der Waals surface area contributed by atoms with Gasteiger partial charge in [-0.05, 0) is 56.7 Å². The molecule has 0 saturated heterocycles. The summed E-state index contributed by atoms with van der Waals surface area (Å²) in [4.78, 5) is 13.7. The van der Waals surface area contributed by atoms with E-state index in [2.05, 4.69) is 34.1 Å². The van der Waals surface area contributed by atoms with Crippen molar-refractivity contribution in [2.45, 2.75) is 39.7 Å². The van der Waals surface area contributed by atoms with Crippen molar-refractivity contribution in [2.75, 3.05) is 11.9 Å². The Kier molecular flexibility index (Phi) is 5.61. The van der Waals surface area contributed by atoms with Crippen molar-refractivity contribution in [3.8, 4) is 17.1 Å². The van der Waals surface area contributed by atoms with Crippen LogP contribution < -0.4 is 10.1 Å². The normalized spacial score (nSPS) is 12.2. The zero-order valence-electron chi connectivity index (χ0n) is 15.3. The molecule has 136 valence electrons. The number of anilines is 1. The molecule has 1 atom stereocenters. The second-order valence-corrected chi connectivity index (χ2v) is 6.19. The van der Waals surface area contributed by atoms with Gasteiger partial charge < -0.3 is 10.1 Å². The Balaban J connectivity index is 2.02. The van der Waals surface area contributed by atoms with Crippen molar-refractivity contribution in [3.05, 3.63) is 42.2 Å². The molecule has 0 aliphatic carbocycles. The van der Waals surface area contributed by atoms with E-state index in [0.29, 0.717) is 29.5 Å². The van der Waals surface area contributed by atoms with E-state index in [1.54, 1.807) is 12.1 Å². The van der Waals surface area contributed by atoms with Crippen LogP contribution in [0.25, 0.3) is 22.3 Å². The molecule has 0 amide bonds. The van der Waals surface area contributed by atoms with Gasteiger partial charge in [-0.15, -0.1) is 0 Å². The quantitative estimate of drug-likeness (QED) is 0.658. The number of rotatable bonds is 7. The number of nitrogens with one attached hydrogen (secondary N) is 1. The summed E-state index contributed by atoms with van der Waals surface area (Å²) in [5.41, 5.74) is 2.86. The van der Waals surface area contributed by atoms with Gasteiger partial charge in [0.05, 0.1) is 17.8 Å². The maximum Gasteiger partial charge on any atom is 0.245 e. The predicted molar refractivity (Wildman–Crippen MR) is 102 cm³/mol. The maximum atomic E-state index is 13.2. The van der Waals surface area contributed by atoms with Gasteiger partial charge in [-0.2, -0.15) is 4.98 Å². The van der Waals surface area contributed by atoms with Crippen molar-refractivity contribution >= 4 is 17.0 Å². The van der Waals surface area contributed by atoms with Gasteiger partial charge in [0.1, 0.15) is 5.82 Å². The Labute approximate surface area is 152 Å². The van der Waals surface area contributed by atoms with Crippen LogP contribution in [0.1, 0.15) is 33.6 Å². The average molecular weight is 354 g/mol.